The zero-order valence-electron chi connectivity index (χ0n) is 22.7. The van der Waals surface area contributed by atoms with Crippen LogP contribution in [0.2, 0.25) is 0 Å². The van der Waals surface area contributed by atoms with Crippen molar-refractivity contribution < 1.29 is 18.9 Å². The molecule has 0 fully saturated rings. The van der Waals surface area contributed by atoms with Crippen molar-refractivity contribution in [3.8, 4) is 23.0 Å². The number of rotatable bonds is 8. The molecule has 3 aromatic rings. The molecule has 0 amide bonds. The number of hydrogen-bond donors (Lipinski definition) is 1. The quantitative estimate of drug-likeness (QED) is 0.372. The molecule has 6 heteroatoms. The molecule has 0 aromatic heterocycles. The Balaban J connectivity index is 1.71. The normalized spacial score (nSPS) is 15.4. The van der Waals surface area contributed by atoms with Crippen molar-refractivity contribution in [2.24, 2.45) is 0 Å². The van der Waals surface area contributed by atoms with Crippen LogP contribution in [0.5, 0.6) is 23.0 Å². The Morgan fingerprint density at radius 3 is 1.70 bits per heavy atom. The van der Waals surface area contributed by atoms with E-state index in [4.69, 9.17) is 18.9 Å². The van der Waals surface area contributed by atoms with E-state index in [2.05, 4.69) is 67.6 Å². The minimum Gasteiger partial charge on any atom is -0.497 e. The fourth-order valence-corrected chi connectivity index (χ4v) is 4.29. The van der Waals surface area contributed by atoms with Gasteiger partial charge in [0.25, 0.3) is 0 Å². The molecule has 6 nitrogen and oxygen atoms in total. The van der Waals surface area contributed by atoms with Gasteiger partial charge >= 0.3 is 0 Å². The van der Waals surface area contributed by atoms with Crippen molar-refractivity contribution in [3.05, 3.63) is 95.2 Å². The lowest BCUT2D eigenvalue weighted by atomic mass is 9.87. The zero-order valence-corrected chi connectivity index (χ0v) is 22.7. The monoisotopic (exact) mass is 500 g/mol. The third kappa shape index (κ3) is 6.02. The molecule has 37 heavy (non-hydrogen) atoms. The standard InChI is InChI=1S/C31H36N2O4/c1-31(2,3)23-9-12-25(13-10-23)33-30(22-16-28(36-6)20-29(17-22)37-7)18-24(32-33)11-8-21-14-26(34-4)19-27(15-21)35-5/h8-20,30,32H,1-7H3. The van der Waals surface area contributed by atoms with Crippen LogP contribution in [0, 0.1) is 0 Å². The fourth-order valence-electron chi connectivity index (χ4n) is 4.29. The number of nitrogens with zero attached hydrogens (tertiary/aromatic N) is 1. The van der Waals surface area contributed by atoms with Gasteiger partial charge in [0.05, 0.1) is 45.9 Å². The second-order valence-electron chi connectivity index (χ2n) is 9.97. The maximum atomic E-state index is 5.55. The third-order valence-corrected chi connectivity index (χ3v) is 6.42. The van der Waals surface area contributed by atoms with Crippen molar-refractivity contribution in [1.82, 2.24) is 5.43 Å². The van der Waals surface area contributed by atoms with Gasteiger partial charge in [0.1, 0.15) is 23.0 Å². The summed E-state index contributed by atoms with van der Waals surface area (Å²) in [4.78, 5) is 0. The molecule has 1 heterocycles. The van der Waals surface area contributed by atoms with Crippen LogP contribution in [-0.4, -0.2) is 28.4 Å². The lowest BCUT2D eigenvalue weighted by molar-refractivity contribution is 0.393. The lowest BCUT2D eigenvalue weighted by Gasteiger charge is -2.29. The van der Waals surface area contributed by atoms with Gasteiger partial charge in [0.2, 0.25) is 0 Å². The molecule has 0 spiro atoms. The Morgan fingerprint density at radius 2 is 1.22 bits per heavy atom. The molecular weight excluding hydrogens is 464 g/mol. The Labute approximate surface area is 220 Å². The minimum atomic E-state index is -0.0796. The molecule has 1 atom stereocenters. The van der Waals surface area contributed by atoms with Gasteiger partial charge in [0, 0.05) is 12.1 Å². The summed E-state index contributed by atoms with van der Waals surface area (Å²) in [5.41, 5.74) is 9.00. The van der Waals surface area contributed by atoms with Crippen LogP contribution in [0.1, 0.15) is 43.5 Å². The number of anilines is 1. The first-order valence-corrected chi connectivity index (χ1v) is 12.3. The summed E-state index contributed by atoms with van der Waals surface area (Å²) >= 11 is 0. The van der Waals surface area contributed by atoms with Crippen LogP contribution in [0.25, 0.3) is 6.08 Å². The van der Waals surface area contributed by atoms with Crippen LogP contribution >= 0.6 is 0 Å². The molecule has 0 radical (unpaired) electrons. The van der Waals surface area contributed by atoms with Crippen molar-refractivity contribution in [2.45, 2.75) is 32.2 Å². The second kappa shape index (κ2) is 10.9. The highest BCUT2D eigenvalue weighted by molar-refractivity contribution is 5.61. The Kier molecular flexibility index (Phi) is 7.67. The molecule has 194 valence electrons. The van der Waals surface area contributed by atoms with E-state index < -0.39 is 0 Å². The second-order valence-corrected chi connectivity index (χ2v) is 9.97. The maximum absolute atomic E-state index is 5.55. The topological polar surface area (TPSA) is 52.2 Å². The first-order valence-electron chi connectivity index (χ1n) is 12.3. The van der Waals surface area contributed by atoms with E-state index in [1.807, 2.05) is 42.5 Å². The summed E-state index contributed by atoms with van der Waals surface area (Å²) in [7, 11) is 6.64. The largest absolute Gasteiger partial charge is 0.497 e. The van der Waals surface area contributed by atoms with Crippen molar-refractivity contribution in [3.63, 3.8) is 0 Å². The molecule has 0 bridgehead atoms. The molecule has 0 saturated heterocycles. The zero-order chi connectivity index (χ0) is 26.6. The Morgan fingerprint density at radius 1 is 0.703 bits per heavy atom. The molecule has 4 rings (SSSR count). The summed E-state index contributed by atoms with van der Waals surface area (Å²) < 4.78 is 21.9. The smallest absolute Gasteiger partial charge is 0.123 e. The first-order chi connectivity index (χ1) is 17.7. The van der Waals surface area contributed by atoms with Gasteiger partial charge in [0.15, 0.2) is 0 Å². The number of hydrazine groups is 1. The maximum Gasteiger partial charge on any atom is 0.123 e. The van der Waals surface area contributed by atoms with Gasteiger partial charge in [-0.3, -0.25) is 10.4 Å². The highest BCUT2D eigenvalue weighted by atomic mass is 16.5. The third-order valence-electron chi connectivity index (χ3n) is 6.42. The van der Waals surface area contributed by atoms with Crippen LogP contribution in [0.15, 0.2) is 78.5 Å². The number of methoxy groups -OCH3 is 4. The van der Waals surface area contributed by atoms with Gasteiger partial charge in [-0.1, -0.05) is 39.0 Å². The number of nitrogens with one attached hydrogen (secondary N) is 1. The summed E-state index contributed by atoms with van der Waals surface area (Å²) in [6, 6.07) is 20.4. The lowest BCUT2D eigenvalue weighted by Crippen LogP contribution is -2.34. The van der Waals surface area contributed by atoms with Gasteiger partial charge in [-0.2, -0.15) is 0 Å². The average Bonchev–Trinajstić information content (AvgIpc) is 3.35. The van der Waals surface area contributed by atoms with Crippen molar-refractivity contribution in [1.29, 1.82) is 0 Å². The Hall–Kier alpha value is -4.06. The summed E-state index contributed by atoms with van der Waals surface area (Å²) in [5, 5.41) is 2.16. The summed E-state index contributed by atoms with van der Waals surface area (Å²) in [6.07, 6.45) is 6.29. The van der Waals surface area contributed by atoms with Gasteiger partial charge in [-0.25, -0.2) is 0 Å². The minimum absolute atomic E-state index is 0.0796. The van der Waals surface area contributed by atoms with E-state index in [0.717, 1.165) is 45.5 Å². The van der Waals surface area contributed by atoms with Gasteiger partial charge in [-0.15, -0.1) is 0 Å². The molecule has 3 aromatic carbocycles. The van der Waals surface area contributed by atoms with Gasteiger partial charge in [-0.05, 0) is 70.7 Å². The van der Waals surface area contributed by atoms with Crippen molar-refractivity contribution >= 4 is 11.8 Å². The predicted molar refractivity (Wildman–Crippen MR) is 150 cm³/mol. The van der Waals surface area contributed by atoms with E-state index >= 15 is 0 Å². The van der Waals surface area contributed by atoms with Crippen molar-refractivity contribution in [2.75, 3.05) is 33.4 Å². The highest BCUT2D eigenvalue weighted by Gasteiger charge is 2.27. The molecular formula is C31H36N2O4. The van der Waals surface area contributed by atoms with Crippen LogP contribution in [-0.2, 0) is 5.41 Å². The Bertz CT molecular complexity index is 1250. The SMILES string of the molecule is COc1cc(C=CC2=CC(c3cc(OC)cc(OC)c3)N(c3ccc(C(C)(C)C)cc3)N2)cc(OC)c1. The van der Waals surface area contributed by atoms with E-state index in [1.165, 1.54) is 5.56 Å². The molecule has 0 aliphatic carbocycles. The van der Waals surface area contributed by atoms with E-state index in [9.17, 15) is 0 Å². The molecule has 1 aliphatic rings. The average molecular weight is 501 g/mol. The number of ether oxygens (including phenoxy) is 4. The first kappa shape index (κ1) is 26.0. The van der Waals surface area contributed by atoms with E-state index in [-0.39, 0.29) is 11.5 Å². The molecule has 1 aliphatic heterocycles. The molecule has 1 unspecified atom stereocenters. The number of hydrogen-bond acceptors (Lipinski definition) is 6. The highest BCUT2D eigenvalue weighted by Crippen LogP contribution is 2.37. The van der Waals surface area contributed by atoms with Crippen LogP contribution in [0.4, 0.5) is 5.69 Å². The van der Waals surface area contributed by atoms with Crippen LogP contribution < -0.4 is 29.4 Å². The van der Waals surface area contributed by atoms with Crippen LogP contribution in [0.3, 0.4) is 0 Å². The molecule has 1 N–H and O–H groups in total. The van der Waals surface area contributed by atoms with Gasteiger partial charge < -0.3 is 18.9 Å². The number of benzene rings is 3. The van der Waals surface area contributed by atoms with E-state index in [0.29, 0.717) is 0 Å². The summed E-state index contributed by atoms with van der Waals surface area (Å²) in [6.45, 7) is 6.67. The number of allylic oxidation sites excluding steroid dienone is 1. The fraction of sp³-hybridized carbons (Fsp3) is 0.290. The van der Waals surface area contributed by atoms with E-state index in [1.54, 1.807) is 28.4 Å². The molecule has 0 saturated carbocycles. The summed E-state index contributed by atoms with van der Waals surface area (Å²) in [5.74, 6) is 2.99. The predicted octanol–water partition coefficient (Wildman–Crippen LogP) is 6.68.